The van der Waals surface area contributed by atoms with Gasteiger partial charge in [0.15, 0.2) is 0 Å². The van der Waals surface area contributed by atoms with E-state index in [1.807, 2.05) is 42.5 Å². The Morgan fingerprint density at radius 1 is 1.17 bits per heavy atom. The van der Waals surface area contributed by atoms with Crippen LogP contribution in [0.3, 0.4) is 0 Å². The van der Waals surface area contributed by atoms with Crippen LogP contribution in [0.2, 0.25) is 0 Å². The molecule has 94 valence electrons. The highest BCUT2D eigenvalue weighted by Gasteiger charge is 2.03. The van der Waals surface area contributed by atoms with Gasteiger partial charge in [0, 0.05) is 12.2 Å². The minimum absolute atomic E-state index is 0.106. The van der Waals surface area contributed by atoms with E-state index >= 15 is 0 Å². The van der Waals surface area contributed by atoms with Crippen LogP contribution in [0, 0.1) is 0 Å². The van der Waals surface area contributed by atoms with Gasteiger partial charge in [-0.1, -0.05) is 25.1 Å². The van der Waals surface area contributed by atoms with Gasteiger partial charge in [-0.15, -0.1) is 0 Å². The molecule has 0 amide bonds. The van der Waals surface area contributed by atoms with Crippen molar-refractivity contribution < 1.29 is 4.74 Å². The molecule has 0 saturated carbocycles. The van der Waals surface area contributed by atoms with Crippen LogP contribution in [-0.4, -0.2) is 4.98 Å². The first-order chi connectivity index (χ1) is 8.79. The fourth-order valence-electron chi connectivity index (χ4n) is 1.69. The molecule has 0 bridgehead atoms. The minimum Gasteiger partial charge on any atom is -0.487 e. The molecule has 0 aliphatic carbocycles. The molecule has 3 heteroatoms. The second kappa shape index (κ2) is 6.17. The molecule has 0 unspecified atom stereocenters. The van der Waals surface area contributed by atoms with E-state index in [2.05, 4.69) is 11.9 Å². The molecule has 1 heterocycles. The Labute approximate surface area is 108 Å². The van der Waals surface area contributed by atoms with E-state index in [1.54, 1.807) is 6.20 Å². The molecular formula is C15H18N2O. The highest BCUT2D eigenvalue weighted by atomic mass is 16.5. The molecule has 0 fully saturated rings. The smallest absolute Gasteiger partial charge is 0.130 e. The second-order valence-corrected chi connectivity index (χ2v) is 4.19. The molecule has 0 radical (unpaired) electrons. The van der Waals surface area contributed by atoms with E-state index in [0.717, 1.165) is 23.4 Å². The number of nitrogens with zero attached hydrogens (tertiary/aromatic N) is 1. The van der Waals surface area contributed by atoms with Gasteiger partial charge in [-0.05, 0) is 36.2 Å². The van der Waals surface area contributed by atoms with Crippen molar-refractivity contribution in [1.82, 2.24) is 4.98 Å². The van der Waals surface area contributed by atoms with Gasteiger partial charge in [0.1, 0.15) is 12.4 Å². The molecule has 0 saturated heterocycles. The molecular weight excluding hydrogens is 224 g/mol. The van der Waals surface area contributed by atoms with E-state index in [1.165, 1.54) is 0 Å². The zero-order valence-electron chi connectivity index (χ0n) is 10.5. The molecule has 2 aromatic rings. The van der Waals surface area contributed by atoms with Gasteiger partial charge in [0.25, 0.3) is 0 Å². The van der Waals surface area contributed by atoms with Crippen molar-refractivity contribution in [3.63, 3.8) is 0 Å². The number of ether oxygens (including phenoxy) is 1. The minimum atomic E-state index is 0.106. The topological polar surface area (TPSA) is 48.1 Å². The van der Waals surface area contributed by atoms with Crippen molar-refractivity contribution in [3.8, 4) is 5.75 Å². The Kier molecular flexibility index (Phi) is 4.31. The third-order valence-corrected chi connectivity index (χ3v) is 2.86. The van der Waals surface area contributed by atoms with Crippen molar-refractivity contribution in [1.29, 1.82) is 0 Å². The fraction of sp³-hybridized carbons (Fsp3) is 0.267. The molecule has 2 N–H and O–H groups in total. The summed E-state index contributed by atoms with van der Waals surface area (Å²) in [7, 11) is 0. The molecule has 3 nitrogen and oxygen atoms in total. The van der Waals surface area contributed by atoms with Gasteiger partial charge in [0.05, 0.1) is 5.69 Å². The van der Waals surface area contributed by atoms with E-state index in [4.69, 9.17) is 10.5 Å². The maximum atomic E-state index is 5.96. The van der Waals surface area contributed by atoms with E-state index < -0.39 is 0 Å². The van der Waals surface area contributed by atoms with Crippen LogP contribution >= 0.6 is 0 Å². The summed E-state index contributed by atoms with van der Waals surface area (Å²) >= 11 is 0. The first-order valence-corrected chi connectivity index (χ1v) is 6.18. The van der Waals surface area contributed by atoms with Gasteiger partial charge >= 0.3 is 0 Å². The highest BCUT2D eigenvalue weighted by molar-refractivity contribution is 5.29. The summed E-state index contributed by atoms with van der Waals surface area (Å²) in [6.07, 6.45) is 2.70. The SMILES string of the molecule is CC[C@@H](N)c1ccc(OCc2ccccn2)cc1. The molecule has 1 atom stereocenters. The highest BCUT2D eigenvalue weighted by Crippen LogP contribution is 2.18. The summed E-state index contributed by atoms with van der Waals surface area (Å²) in [5.74, 6) is 0.840. The van der Waals surface area contributed by atoms with Gasteiger partial charge in [-0.25, -0.2) is 0 Å². The normalized spacial score (nSPS) is 12.1. The Hall–Kier alpha value is -1.87. The standard InChI is InChI=1S/C15H18N2O/c1-2-15(16)12-6-8-14(9-7-12)18-11-13-5-3-4-10-17-13/h3-10,15H,2,11,16H2,1H3/t15-/m1/s1. The van der Waals surface area contributed by atoms with E-state index in [-0.39, 0.29) is 6.04 Å². The van der Waals surface area contributed by atoms with Crippen molar-refractivity contribution >= 4 is 0 Å². The van der Waals surface area contributed by atoms with Gasteiger partial charge in [-0.2, -0.15) is 0 Å². The van der Waals surface area contributed by atoms with Crippen LogP contribution in [0.1, 0.15) is 30.6 Å². The predicted molar refractivity (Wildman–Crippen MR) is 72.2 cm³/mol. The number of aromatic nitrogens is 1. The van der Waals surface area contributed by atoms with Crippen molar-refractivity contribution in [2.24, 2.45) is 5.73 Å². The number of nitrogens with two attached hydrogens (primary N) is 1. The lowest BCUT2D eigenvalue weighted by Crippen LogP contribution is -2.08. The van der Waals surface area contributed by atoms with Gasteiger partial charge < -0.3 is 10.5 Å². The first kappa shape index (κ1) is 12.6. The molecule has 2 rings (SSSR count). The fourth-order valence-corrected chi connectivity index (χ4v) is 1.69. The summed E-state index contributed by atoms with van der Waals surface area (Å²) in [5, 5.41) is 0. The number of hydrogen-bond donors (Lipinski definition) is 1. The van der Waals surface area contributed by atoms with Crippen LogP contribution in [-0.2, 0) is 6.61 Å². The van der Waals surface area contributed by atoms with Crippen LogP contribution in [0.15, 0.2) is 48.7 Å². The van der Waals surface area contributed by atoms with E-state index in [9.17, 15) is 0 Å². The first-order valence-electron chi connectivity index (χ1n) is 6.18. The lowest BCUT2D eigenvalue weighted by atomic mass is 10.1. The van der Waals surface area contributed by atoms with Crippen LogP contribution < -0.4 is 10.5 Å². The number of hydrogen-bond acceptors (Lipinski definition) is 3. The van der Waals surface area contributed by atoms with Crippen LogP contribution in [0.4, 0.5) is 0 Å². The van der Waals surface area contributed by atoms with Gasteiger partial charge in [-0.3, -0.25) is 4.98 Å². The molecule has 0 aliphatic rings. The third kappa shape index (κ3) is 3.31. The largest absolute Gasteiger partial charge is 0.487 e. The molecule has 1 aromatic heterocycles. The summed E-state index contributed by atoms with van der Waals surface area (Å²) in [6.45, 7) is 2.57. The maximum absolute atomic E-state index is 5.96. The van der Waals surface area contributed by atoms with Crippen molar-refractivity contribution in [2.45, 2.75) is 26.0 Å². The Balaban J connectivity index is 1.94. The Morgan fingerprint density at radius 3 is 2.56 bits per heavy atom. The van der Waals surface area contributed by atoms with Crippen LogP contribution in [0.25, 0.3) is 0 Å². The van der Waals surface area contributed by atoms with Crippen molar-refractivity contribution in [3.05, 3.63) is 59.9 Å². The molecule has 1 aromatic carbocycles. The van der Waals surface area contributed by atoms with E-state index in [0.29, 0.717) is 6.61 Å². The second-order valence-electron chi connectivity index (χ2n) is 4.19. The molecule has 0 spiro atoms. The van der Waals surface area contributed by atoms with Gasteiger partial charge in [0.2, 0.25) is 0 Å². The zero-order valence-corrected chi connectivity index (χ0v) is 10.5. The average molecular weight is 242 g/mol. The Morgan fingerprint density at radius 2 is 1.94 bits per heavy atom. The number of rotatable bonds is 5. The zero-order chi connectivity index (χ0) is 12.8. The maximum Gasteiger partial charge on any atom is 0.130 e. The Bertz CT molecular complexity index is 468. The number of benzene rings is 1. The monoisotopic (exact) mass is 242 g/mol. The van der Waals surface area contributed by atoms with Crippen molar-refractivity contribution in [2.75, 3.05) is 0 Å². The summed E-state index contributed by atoms with van der Waals surface area (Å²) < 4.78 is 5.66. The quantitative estimate of drug-likeness (QED) is 0.876. The average Bonchev–Trinajstić information content (AvgIpc) is 2.46. The number of pyridine rings is 1. The lowest BCUT2D eigenvalue weighted by Gasteiger charge is -2.10. The summed E-state index contributed by atoms with van der Waals surface area (Å²) in [6, 6.07) is 13.8. The third-order valence-electron chi connectivity index (χ3n) is 2.86. The van der Waals surface area contributed by atoms with Crippen LogP contribution in [0.5, 0.6) is 5.75 Å². The molecule has 0 aliphatic heterocycles. The predicted octanol–water partition coefficient (Wildman–Crippen LogP) is 3.07. The molecule has 18 heavy (non-hydrogen) atoms. The summed E-state index contributed by atoms with van der Waals surface area (Å²) in [5.41, 5.74) is 8.02. The lowest BCUT2D eigenvalue weighted by molar-refractivity contribution is 0.301. The summed E-state index contributed by atoms with van der Waals surface area (Å²) in [4.78, 5) is 4.21.